The molecule has 1 aromatic heterocycles. The average Bonchev–Trinajstić information content (AvgIpc) is 3.05. The Morgan fingerprint density at radius 2 is 1.87 bits per heavy atom. The van der Waals surface area contributed by atoms with Crippen molar-refractivity contribution in [2.75, 3.05) is 0 Å². The van der Waals surface area contributed by atoms with E-state index in [0.717, 1.165) is 22.8 Å². The van der Waals surface area contributed by atoms with Crippen molar-refractivity contribution in [1.29, 1.82) is 0 Å². The summed E-state index contributed by atoms with van der Waals surface area (Å²) in [7, 11) is 1.93. The van der Waals surface area contributed by atoms with E-state index < -0.39 is 0 Å². The standard InChI is InChI=1S/C22H27FN6.HI/c1-15-12-18(10-11-20(15)23)13-24-22(25-14-21-28-27-17(3)29(21)4)26-16(2)19-8-6-5-7-9-19;/h5-12,16H,13-14H2,1-4H3,(H2,24,25,26);1H. The molecule has 0 saturated carbocycles. The van der Waals surface area contributed by atoms with E-state index in [1.165, 1.54) is 6.07 Å². The van der Waals surface area contributed by atoms with Crippen LogP contribution in [0.4, 0.5) is 4.39 Å². The fourth-order valence-electron chi connectivity index (χ4n) is 2.93. The number of nitrogens with zero attached hydrogens (tertiary/aromatic N) is 4. The molecule has 0 aliphatic rings. The molecule has 0 saturated heterocycles. The topological polar surface area (TPSA) is 67.1 Å². The van der Waals surface area contributed by atoms with Crippen LogP contribution < -0.4 is 10.6 Å². The maximum atomic E-state index is 13.5. The molecule has 1 unspecified atom stereocenters. The van der Waals surface area contributed by atoms with Crippen LogP contribution in [0.1, 0.15) is 41.3 Å². The molecule has 0 aliphatic carbocycles. The average molecular weight is 522 g/mol. The minimum absolute atomic E-state index is 0. The number of guanidine groups is 1. The van der Waals surface area contributed by atoms with Crippen molar-refractivity contribution in [1.82, 2.24) is 25.4 Å². The number of rotatable bonds is 6. The molecule has 0 spiro atoms. The first-order valence-electron chi connectivity index (χ1n) is 9.63. The molecule has 2 N–H and O–H groups in total. The predicted molar refractivity (Wildman–Crippen MR) is 128 cm³/mol. The summed E-state index contributed by atoms with van der Waals surface area (Å²) in [5.41, 5.74) is 2.73. The van der Waals surface area contributed by atoms with Crippen LogP contribution in [0.25, 0.3) is 0 Å². The van der Waals surface area contributed by atoms with Gasteiger partial charge in [0.05, 0.1) is 19.1 Å². The number of benzene rings is 2. The van der Waals surface area contributed by atoms with E-state index in [1.54, 1.807) is 13.0 Å². The lowest BCUT2D eigenvalue weighted by molar-refractivity contribution is 0.617. The van der Waals surface area contributed by atoms with Gasteiger partial charge in [-0.1, -0.05) is 42.5 Å². The number of hydrogen-bond acceptors (Lipinski definition) is 3. The van der Waals surface area contributed by atoms with Gasteiger partial charge in [-0.25, -0.2) is 9.38 Å². The summed E-state index contributed by atoms with van der Waals surface area (Å²) in [5, 5.41) is 15.0. The predicted octanol–water partition coefficient (Wildman–Crippen LogP) is 4.19. The molecule has 0 aliphatic heterocycles. The molecule has 0 fully saturated rings. The highest BCUT2D eigenvalue weighted by Crippen LogP contribution is 2.12. The molecule has 1 heterocycles. The van der Waals surface area contributed by atoms with Gasteiger partial charge in [0.25, 0.3) is 0 Å². The number of aliphatic imine (C=N–C) groups is 1. The van der Waals surface area contributed by atoms with Crippen LogP contribution in [0.15, 0.2) is 53.5 Å². The molecule has 3 rings (SSSR count). The molecule has 8 heteroatoms. The fourth-order valence-corrected chi connectivity index (χ4v) is 2.93. The Hall–Kier alpha value is -2.49. The van der Waals surface area contributed by atoms with Crippen LogP contribution in [-0.2, 0) is 20.1 Å². The van der Waals surface area contributed by atoms with Crippen molar-refractivity contribution in [2.45, 2.75) is 39.9 Å². The lowest BCUT2D eigenvalue weighted by atomic mass is 10.1. The summed E-state index contributed by atoms with van der Waals surface area (Å²) in [6, 6.07) is 15.3. The number of nitrogens with one attached hydrogen (secondary N) is 2. The Balaban J connectivity index is 0.00000320. The number of halogens is 2. The van der Waals surface area contributed by atoms with Crippen LogP contribution in [0.3, 0.4) is 0 Å². The Morgan fingerprint density at radius 3 is 2.50 bits per heavy atom. The van der Waals surface area contributed by atoms with Crippen LogP contribution in [0.5, 0.6) is 0 Å². The normalized spacial score (nSPS) is 12.2. The van der Waals surface area contributed by atoms with Gasteiger partial charge in [0, 0.05) is 7.05 Å². The van der Waals surface area contributed by atoms with Crippen LogP contribution >= 0.6 is 24.0 Å². The largest absolute Gasteiger partial charge is 0.350 e. The van der Waals surface area contributed by atoms with Gasteiger partial charge in [0.2, 0.25) is 0 Å². The van der Waals surface area contributed by atoms with E-state index in [1.807, 2.05) is 42.8 Å². The molecule has 0 amide bonds. The van der Waals surface area contributed by atoms with Gasteiger partial charge in [0.1, 0.15) is 11.6 Å². The molecule has 0 bridgehead atoms. The quantitative estimate of drug-likeness (QED) is 0.290. The Labute approximate surface area is 194 Å². The molecule has 1 atom stereocenters. The van der Waals surface area contributed by atoms with Crippen molar-refractivity contribution in [2.24, 2.45) is 12.0 Å². The zero-order valence-corrected chi connectivity index (χ0v) is 20.0. The highest BCUT2D eigenvalue weighted by molar-refractivity contribution is 14.0. The van der Waals surface area contributed by atoms with Gasteiger partial charge in [-0.15, -0.1) is 34.2 Å². The lowest BCUT2D eigenvalue weighted by Gasteiger charge is -2.19. The van der Waals surface area contributed by atoms with Crippen molar-refractivity contribution < 1.29 is 4.39 Å². The SMILES string of the molecule is Cc1cc(CN=C(NCc2nnc(C)n2C)NC(C)c2ccccc2)ccc1F.I. The maximum Gasteiger partial charge on any atom is 0.192 e. The summed E-state index contributed by atoms with van der Waals surface area (Å²) in [6.45, 7) is 6.69. The zero-order valence-electron chi connectivity index (χ0n) is 17.7. The first kappa shape index (κ1) is 23.8. The van der Waals surface area contributed by atoms with Crippen LogP contribution in [0, 0.1) is 19.7 Å². The maximum absolute atomic E-state index is 13.5. The first-order chi connectivity index (χ1) is 13.9. The van der Waals surface area contributed by atoms with Gasteiger partial charge in [-0.3, -0.25) is 0 Å². The van der Waals surface area contributed by atoms with E-state index in [0.29, 0.717) is 24.6 Å². The van der Waals surface area contributed by atoms with Crippen molar-refractivity contribution in [3.05, 3.63) is 82.7 Å². The summed E-state index contributed by atoms with van der Waals surface area (Å²) in [5.74, 6) is 2.13. The molecule has 2 aromatic carbocycles. The molecular formula is C22H28FIN6. The lowest BCUT2D eigenvalue weighted by Crippen LogP contribution is -2.39. The number of aryl methyl sites for hydroxylation is 2. The van der Waals surface area contributed by atoms with Gasteiger partial charge < -0.3 is 15.2 Å². The minimum atomic E-state index is -0.204. The number of aromatic nitrogens is 3. The van der Waals surface area contributed by atoms with E-state index >= 15 is 0 Å². The second-order valence-corrected chi connectivity index (χ2v) is 7.10. The third kappa shape index (κ3) is 6.25. The van der Waals surface area contributed by atoms with Crippen molar-refractivity contribution in [3.63, 3.8) is 0 Å². The van der Waals surface area contributed by atoms with Gasteiger partial charge in [-0.2, -0.15) is 0 Å². The Kier molecular flexibility index (Phi) is 8.76. The molecule has 160 valence electrons. The smallest absolute Gasteiger partial charge is 0.192 e. The van der Waals surface area contributed by atoms with E-state index in [9.17, 15) is 4.39 Å². The number of hydrogen-bond donors (Lipinski definition) is 2. The summed E-state index contributed by atoms with van der Waals surface area (Å²) < 4.78 is 15.5. The zero-order chi connectivity index (χ0) is 20.8. The van der Waals surface area contributed by atoms with Crippen molar-refractivity contribution in [3.8, 4) is 0 Å². The third-order valence-corrected chi connectivity index (χ3v) is 4.89. The molecular weight excluding hydrogens is 494 g/mol. The molecule has 3 aromatic rings. The second-order valence-electron chi connectivity index (χ2n) is 7.10. The highest BCUT2D eigenvalue weighted by Gasteiger charge is 2.10. The monoisotopic (exact) mass is 522 g/mol. The third-order valence-electron chi connectivity index (χ3n) is 4.89. The molecule has 0 radical (unpaired) electrons. The van der Waals surface area contributed by atoms with Gasteiger partial charge >= 0.3 is 0 Å². The highest BCUT2D eigenvalue weighted by atomic mass is 127. The Bertz CT molecular complexity index is 987. The summed E-state index contributed by atoms with van der Waals surface area (Å²) >= 11 is 0. The van der Waals surface area contributed by atoms with Crippen LogP contribution in [-0.4, -0.2) is 20.7 Å². The van der Waals surface area contributed by atoms with Crippen molar-refractivity contribution >= 4 is 29.9 Å². The Morgan fingerprint density at radius 1 is 1.13 bits per heavy atom. The van der Waals surface area contributed by atoms with E-state index in [2.05, 4.69) is 39.9 Å². The second kappa shape index (κ2) is 11.1. The molecule has 6 nitrogen and oxygen atoms in total. The molecule has 30 heavy (non-hydrogen) atoms. The first-order valence-corrected chi connectivity index (χ1v) is 9.63. The summed E-state index contributed by atoms with van der Waals surface area (Å²) in [6.07, 6.45) is 0. The van der Waals surface area contributed by atoms with E-state index in [4.69, 9.17) is 4.99 Å². The minimum Gasteiger partial charge on any atom is -0.350 e. The van der Waals surface area contributed by atoms with Crippen LogP contribution in [0.2, 0.25) is 0 Å². The van der Waals surface area contributed by atoms with E-state index in [-0.39, 0.29) is 35.8 Å². The summed E-state index contributed by atoms with van der Waals surface area (Å²) in [4.78, 5) is 4.70. The van der Waals surface area contributed by atoms with Gasteiger partial charge in [-0.05, 0) is 43.5 Å². The fraction of sp³-hybridized carbons (Fsp3) is 0.318. The van der Waals surface area contributed by atoms with Gasteiger partial charge in [0.15, 0.2) is 11.8 Å².